The van der Waals surface area contributed by atoms with Crippen LogP contribution in [0, 0.1) is 21.4 Å². The summed E-state index contributed by atoms with van der Waals surface area (Å²) in [7, 11) is 1.51. The summed E-state index contributed by atoms with van der Waals surface area (Å²) in [6, 6.07) is 19.6. The normalized spacial score (nSPS) is 10.8. The van der Waals surface area contributed by atoms with Gasteiger partial charge in [-0.15, -0.1) is 0 Å². The van der Waals surface area contributed by atoms with E-state index in [1.165, 1.54) is 31.4 Å². The Balaban J connectivity index is 1.68. The van der Waals surface area contributed by atoms with Gasteiger partial charge in [-0.25, -0.2) is 0 Å². The SMILES string of the molecule is COc1ccccc1NC(=O)COc1ccc(/C=C(\C#N)c2ccc([N+](=O)[O-])cc2)cc1Cl. The van der Waals surface area contributed by atoms with Gasteiger partial charge in [-0.1, -0.05) is 29.8 Å². The maximum absolute atomic E-state index is 12.2. The number of nitriles is 1. The molecule has 0 aliphatic heterocycles. The van der Waals surface area contributed by atoms with Crippen molar-refractivity contribution in [1.29, 1.82) is 5.26 Å². The Morgan fingerprint density at radius 1 is 1.15 bits per heavy atom. The van der Waals surface area contributed by atoms with E-state index < -0.39 is 4.92 Å². The molecule has 3 aromatic rings. The van der Waals surface area contributed by atoms with Crippen molar-refractivity contribution in [3.05, 3.63) is 93.0 Å². The first kappa shape index (κ1) is 23.3. The molecule has 0 saturated carbocycles. The zero-order valence-electron chi connectivity index (χ0n) is 17.4. The zero-order valence-corrected chi connectivity index (χ0v) is 18.2. The number of carbonyl (C=O) groups is 1. The summed E-state index contributed by atoms with van der Waals surface area (Å²) >= 11 is 6.29. The molecule has 0 spiro atoms. The molecule has 166 valence electrons. The second-order valence-electron chi connectivity index (χ2n) is 6.70. The van der Waals surface area contributed by atoms with Crippen LogP contribution in [0.15, 0.2) is 66.7 Å². The summed E-state index contributed by atoms with van der Waals surface area (Å²) in [6.45, 7) is -0.265. The fourth-order valence-electron chi connectivity index (χ4n) is 2.91. The highest BCUT2D eigenvalue weighted by Gasteiger charge is 2.11. The Morgan fingerprint density at radius 2 is 1.88 bits per heavy atom. The fraction of sp³-hybridized carbons (Fsp3) is 0.0833. The number of halogens is 1. The van der Waals surface area contributed by atoms with E-state index in [1.54, 1.807) is 48.5 Å². The van der Waals surface area contributed by atoms with Gasteiger partial charge in [0.25, 0.3) is 11.6 Å². The van der Waals surface area contributed by atoms with Crippen molar-refractivity contribution in [2.75, 3.05) is 19.0 Å². The Labute approximate surface area is 194 Å². The molecule has 0 aromatic heterocycles. The Hall–Kier alpha value is -4.35. The molecule has 9 heteroatoms. The highest BCUT2D eigenvalue weighted by Crippen LogP contribution is 2.28. The number of non-ortho nitro benzene ring substituents is 1. The third-order valence-corrected chi connectivity index (χ3v) is 4.81. The number of nitro benzene ring substituents is 1. The van der Waals surface area contributed by atoms with Crippen LogP contribution < -0.4 is 14.8 Å². The number of methoxy groups -OCH3 is 1. The summed E-state index contributed by atoms with van der Waals surface area (Å²) in [6.07, 6.45) is 1.60. The third kappa shape index (κ3) is 6.09. The Bertz CT molecular complexity index is 1250. The molecule has 1 amide bonds. The molecule has 0 fully saturated rings. The minimum Gasteiger partial charge on any atom is -0.495 e. The van der Waals surface area contributed by atoms with Crippen LogP contribution in [0.1, 0.15) is 11.1 Å². The quantitative estimate of drug-likeness (QED) is 0.209. The number of allylic oxidation sites excluding steroid dienone is 1. The number of anilines is 1. The van der Waals surface area contributed by atoms with E-state index in [0.29, 0.717) is 33.9 Å². The van der Waals surface area contributed by atoms with Gasteiger partial charge in [-0.2, -0.15) is 5.26 Å². The molecular formula is C24H18ClN3O5. The highest BCUT2D eigenvalue weighted by molar-refractivity contribution is 6.32. The van der Waals surface area contributed by atoms with Crippen LogP contribution in [0.2, 0.25) is 5.02 Å². The maximum Gasteiger partial charge on any atom is 0.269 e. The van der Waals surface area contributed by atoms with Gasteiger partial charge in [0.1, 0.15) is 11.5 Å². The number of ether oxygens (including phenoxy) is 2. The molecule has 0 heterocycles. The topological polar surface area (TPSA) is 114 Å². The lowest BCUT2D eigenvalue weighted by atomic mass is 10.0. The number of amides is 1. The molecule has 33 heavy (non-hydrogen) atoms. The number of rotatable bonds is 8. The highest BCUT2D eigenvalue weighted by atomic mass is 35.5. The van der Waals surface area contributed by atoms with Gasteiger partial charge in [-0.05, 0) is 53.6 Å². The second kappa shape index (κ2) is 10.8. The van der Waals surface area contributed by atoms with Gasteiger partial charge in [0.05, 0.1) is 34.4 Å². The molecule has 0 unspecified atom stereocenters. The molecule has 3 rings (SSSR count). The number of para-hydroxylation sites is 2. The number of hydrogen-bond acceptors (Lipinski definition) is 6. The van der Waals surface area contributed by atoms with Crippen LogP contribution in [-0.2, 0) is 4.79 Å². The number of nitrogens with one attached hydrogen (secondary N) is 1. The smallest absolute Gasteiger partial charge is 0.269 e. The van der Waals surface area contributed by atoms with E-state index in [4.69, 9.17) is 21.1 Å². The summed E-state index contributed by atoms with van der Waals surface area (Å²) in [4.78, 5) is 22.5. The average molecular weight is 464 g/mol. The molecule has 0 aliphatic rings. The average Bonchev–Trinajstić information content (AvgIpc) is 2.82. The number of benzene rings is 3. The standard InChI is InChI=1S/C24H18ClN3O5/c1-32-23-5-3-2-4-21(23)27-24(29)15-33-22-11-6-16(13-20(22)25)12-18(14-26)17-7-9-19(10-8-17)28(30)31/h2-13H,15H2,1H3,(H,27,29)/b18-12+. The molecule has 0 aliphatic carbocycles. The van der Waals surface area contributed by atoms with Crippen molar-refractivity contribution >= 4 is 40.5 Å². The van der Waals surface area contributed by atoms with Crippen molar-refractivity contribution in [2.45, 2.75) is 0 Å². The van der Waals surface area contributed by atoms with E-state index >= 15 is 0 Å². The van der Waals surface area contributed by atoms with Gasteiger partial charge in [-0.3, -0.25) is 14.9 Å². The predicted octanol–water partition coefficient (Wildman–Crippen LogP) is 5.34. The summed E-state index contributed by atoms with van der Waals surface area (Å²) in [5.41, 5.74) is 1.94. The molecule has 8 nitrogen and oxygen atoms in total. The van der Waals surface area contributed by atoms with Crippen LogP contribution in [0.25, 0.3) is 11.6 Å². The molecule has 0 radical (unpaired) electrons. The first-order valence-corrected chi connectivity index (χ1v) is 10.0. The molecule has 0 atom stereocenters. The first-order valence-electron chi connectivity index (χ1n) is 9.63. The minimum absolute atomic E-state index is 0.0599. The summed E-state index contributed by atoms with van der Waals surface area (Å²) < 4.78 is 10.7. The van der Waals surface area contributed by atoms with Gasteiger partial charge >= 0.3 is 0 Å². The molecule has 0 saturated heterocycles. The van der Waals surface area contributed by atoms with Crippen molar-refractivity contribution in [3.63, 3.8) is 0 Å². The van der Waals surface area contributed by atoms with Gasteiger partial charge in [0, 0.05) is 12.1 Å². The summed E-state index contributed by atoms with van der Waals surface area (Å²) in [5, 5.41) is 23.2. The van der Waals surface area contributed by atoms with Crippen LogP contribution in [0.4, 0.5) is 11.4 Å². The van der Waals surface area contributed by atoms with E-state index in [-0.39, 0.29) is 23.2 Å². The summed E-state index contributed by atoms with van der Waals surface area (Å²) in [5.74, 6) is 0.448. The van der Waals surface area contributed by atoms with Gasteiger partial charge < -0.3 is 14.8 Å². The number of hydrogen-bond donors (Lipinski definition) is 1. The second-order valence-corrected chi connectivity index (χ2v) is 7.11. The largest absolute Gasteiger partial charge is 0.495 e. The van der Waals surface area contributed by atoms with Gasteiger partial charge in [0.2, 0.25) is 0 Å². The van der Waals surface area contributed by atoms with E-state index in [0.717, 1.165) is 0 Å². The van der Waals surface area contributed by atoms with Crippen LogP contribution in [-0.4, -0.2) is 24.5 Å². The van der Waals surface area contributed by atoms with Crippen LogP contribution >= 0.6 is 11.6 Å². The Kier molecular flexibility index (Phi) is 7.63. The maximum atomic E-state index is 12.2. The van der Waals surface area contributed by atoms with Crippen LogP contribution in [0.3, 0.4) is 0 Å². The lowest BCUT2D eigenvalue weighted by molar-refractivity contribution is -0.384. The third-order valence-electron chi connectivity index (χ3n) is 4.52. The number of carbonyl (C=O) groups excluding carboxylic acids is 1. The Morgan fingerprint density at radius 3 is 2.52 bits per heavy atom. The predicted molar refractivity (Wildman–Crippen MR) is 125 cm³/mol. The monoisotopic (exact) mass is 463 g/mol. The van der Waals surface area contributed by atoms with Crippen molar-refractivity contribution in [1.82, 2.24) is 0 Å². The molecule has 3 aromatic carbocycles. The lowest BCUT2D eigenvalue weighted by Crippen LogP contribution is -2.20. The number of nitro groups is 1. The van der Waals surface area contributed by atoms with Crippen molar-refractivity contribution < 1.29 is 19.2 Å². The molecule has 1 N–H and O–H groups in total. The number of nitrogens with zero attached hydrogens (tertiary/aromatic N) is 2. The van der Waals surface area contributed by atoms with Gasteiger partial charge in [0.15, 0.2) is 6.61 Å². The fourth-order valence-corrected chi connectivity index (χ4v) is 3.15. The first-order chi connectivity index (χ1) is 15.9. The van der Waals surface area contributed by atoms with E-state index in [2.05, 4.69) is 11.4 Å². The van der Waals surface area contributed by atoms with E-state index in [1.807, 2.05) is 0 Å². The van der Waals surface area contributed by atoms with E-state index in [9.17, 15) is 20.2 Å². The molecule has 0 bridgehead atoms. The lowest BCUT2D eigenvalue weighted by Gasteiger charge is -2.11. The molecular weight excluding hydrogens is 446 g/mol. The zero-order chi connectivity index (χ0) is 23.8. The minimum atomic E-state index is -0.505. The van der Waals surface area contributed by atoms with Crippen molar-refractivity contribution in [2.24, 2.45) is 0 Å². The van der Waals surface area contributed by atoms with Crippen LogP contribution in [0.5, 0.6) is 11.5 Å². The van der Waals surface area contributed by atoms with Crippen molar-refractivity contribution in [3.8, 4) is 17.6 Å².